The molecule has 4 rings (SSSR count). The zero-order valence-corrected chi connectivity index (χ0v) is 16.9. The Bertz CT molecular complexity index is 1060. The molecule has 0 saturated carbocycles. The zero-order valence-electron chi connectivity index (χ0n) is 16.9. The van der Waals surface area contributed by atoms with Gasteiger partial charge in [-0.25, -0.2) is 4.98 Å². The van der Waals surface area contributed by atoms with Crippen molar-refractivity contribution in [3.8, 4) is 0 Å². The van der Waals surface area contributed by atoms with E-state index in [2.05, 4.69) is 10.3 Å². The number of anilines is 1. The first-order valence-corrected chi connectivity index (χ1v) is 10.1. The molecule has 3 aromatic rings. The van der Waals surface area contributed by atoms with Crippen molar-refractivity contribution in [2.75, 3.05) is 18.4 Å². The molecule has 1 saturated heterocycles. The van der Waals surface area contributed by atoms with Crippen LogP contribution in [0.25, 0.3) is 11.0 Å². The summed E-state index contributed by atoms with van der Waals surface area (Å²) in [6.45, 7) is 5.72. The van der Waals surface area contributed by atoms with Gasteiger partial charge in [0.15, 0.2) is 0 Å². The quantitative estimate of drug-likeness (QED) is 0.725. The van der Waals surface area contributed by atoms with Crippen molar-refractivity contribution in [2.45, 2.75) is 39.7 Å². The number of carbonyl (C=O) groups excluding carboxylic acids is 2. The van der Waals surface area contributed by atoms with Crippen molar-refractivity contribution in [3.05, 3.63) is 59.4 Å². The van der Waals surface area contributed by atoms with Crippen LogP contribution in [-0.2, 0) is 22.6 Å². The number of amides is 2. The van der Waals surface area contributed by atoms with Crippen LogP contribution in [0.4, 0.5) is 5.69 Å². The SMILES string of the molecule is Cc1ccc(C)c(NC(=O)Cn2c(CC(=O)N3CCCC3)nc3ccccc32)c1. The molecule has 1 fully saturated rings. The van der Waals surface area contributed by atoms with Crippen LogP contribution < -0.4 is 5.32 Å². The smallest absolute Gasteiger partial charge is 0.244 e. The molecular weight excluding hydrogens is 364 g/mol. The number of nitrogens with zero attached hydrogens (tertiary/aromatic N) is 3. The van der Waals surface area contributed by atoms with Crippen LogP contribution in [0, 0.1) is 13.8 Å². The molecule has 0 aliphatic carbocycles. The molecule has 6 nitrogen and oxygen atoms in total. The van der Waals surface area contributed by atoms with Gasteiger partial charge in [-0.2, -0.15) is 0 Å². The van der Waals surface area contributed by atoms with Gasteiger partial charge in [-0.3, -0.25) is 9.59 Å². The van der Waals surface area contributed by atoms with Gasteiger partial charge in [0, 0.05) is 18.8 Å². The summed E-state index contributed by atoms with van der Waals surface area (Å²) < 4.78 is 1.86. The third-order valence-electron chi connectivity index (χ3n) is 5.47. The highest BCUT2D eigenvalue weighted by Crippen LogP contribution is 2.20. The Kier molecular flexibility index (Phi) is 5.34. The predicted octanol–water partition coefficient (Wildman–Crippen LogP) is 3.46. The first-order chi connectivity index (χ1) is 14.0. The number of aromatic nitrogens is 2. The predicted molar refractivity (Wildman–Crippen MR) is 114 cm³/mol. The van der Waals surface area contributed by atoms with E-state index < -0.39 is 0 Å². The number of hydrogen-bond donors (Lipinski definition) is 1. The van der Waals surface area contributed by atoms with E-state index in [0.717, 1.165) is 53.8 Å². The Labute approximate surface area is 170 Å². The Morgan fingerprint density at radius 1 is 1.07 bits per heavy atom. The Morgan fingerprint density at radius 2 is 1.83 bits per heavy atom. The molecule has 0 spiro atoms. The average molecular weight is 390 g/mol. The van der Waals surface area contributed by atoms with E-state index in [4.69, 9.17) is 0 Å². The minimum absolute atomic E-state index is 0.0778. The monoisotopic (exact) mass is 390 g/mol. The summed E-state index contributed by atoms with van der Waals surface area (Å²) in [6, 6.07) is 13.7. The number of likely N-dealkylation sites (tertiary alicyclic amines) is 1. The number of imidazole rings is 1. The highest BCUT2D eigenvalue weighted by atomic mass is 16.2. The van der Waals surface area contributed by atoms with Gasteiger partial charge in [-0.15, -0.1) is 0 Å². The third-order valence-corrected chi connectivity index (χ3v) is 5.47. The Morgan fingerprint density at radius 3 is 2.62 bits per heavy atom. The van der Waals surface area contributed by atoms with Crippen molar-refractivity contribution < 1.29 is 9.59 Å². The van der Waals surface area contributed by atoms with Crippen LogP contribution in [0.2, 0.25) is 0 Å². The van der Waals surface area contributed by atoms with Crippen LogP contribution >= 0.6 is 0 Å². The number of para-hydroxylation sites is 2. The van der Waals surface area contributed by atoms with Gasteiger partial charge < -0.3 is 14.8 Å². The van der Waals surface area contributed by atoms with Crippen LogP contribution in [0.5, 0.6) is 0 Å². The van der Waals surface area contributed by atoms with Gasteiger partial charge in [0.05, 0.1) is 17.5 Å². The van der Waals surface area contributed by atoms with Crippen molar-refractivity contribution in [1.29, 1.82) is 0 Å². The van der Waals surface area contributed by atoms with Gasteiger partial charge in [-0.05, 0) is 56.0 Å². The topological polar surface area (TPSA) is 67.2 Å². The van der Waals surface area contributed by atoms with Crippen LogP contribution in [0.15, 0.2) is 42.5 Å². The number of carbonyl (C=O) groups is 2. The fourth-order valence-electron chi connectivity index (χ4n) is 3.85. The fraction of sp³-hybridized carbons (Fsp3) is 0.348. The molecule has 0 unspecified atom stereocenters. The van der Waals surface area contributed by atoms with E-state index in [-0.39, 0.29) is 24.8 Å². The lowest BCUT2D eigenvalue weighted by molar-refractivity contribution is -0.129. The van der Waals surface area contributed by atoms with Crippen LogP contribution in [-0.4, -0.2) is 39.4 Å². The molecule has 150 valence electrons. The molecule has 1 aliphatic heterocycles. The maximum Gasteiger partial charge on any atom is 0.244 e. The van der Waals surface area contributed by atoms with E-state index in [1.54, 1.807) is 0 Å². The molecule has 0 radical (unpaired) electrons. The first-order valence-electron chi connectivity index (χ1n) is 10.1. The zero-order chi connectivity index (χ0) is 20.4. The highest BCUT2D eigenvalue weighted by molar-refractivity contribution is 5.92. The van der Waals surface area contributed by atoms with Crippen molar-refractivity contribution in [2.24, 2.45) is 0 Å². The lowest BCUT2D eigenvalue weighted by Gasteiger charge is -2.16. The van der Waals surface area contributed by atoms with Gasteiger partial charge in [0.2, 0.25) is 11.8 Å². The van der Waals surface area contributed by atoms with Gasteiger partial charge in [-0.1, -0.05) is 24.3 Å². The molecule has 1 N–H and O–H groups in total. The van der Waals surface area contributed by atoms with Gasteiger partial charge in [0.25, 0.3) is 0 Å². The van der Waals surface area contributed by atoms with E-state index in [0.29, 0.717) is 5.82 Å². The number of fused-ring (bicyclic) bond motifs is 1. The highest BCUT2D eigenvalue weighted by Gasteiger charge is 2.22. The number of hydrogen-bond acceptors (Lipinski definition) is 3. The fourth-order valence-corrected chi connectivity index (χ4v) is 3.85. The molecule has 1 aromatic heterocycles. The Balaban J connectivity index is 1.59. The minimum atomic E-state index is -0.128. The summed E-state index contributed by atoms with van der Waals surface area (Å²) in [5, 5.41) is 3.01. The van der Waals surface area contributed by atoms with E-state index in [1.165, 1.54) is 0 Å². The van der Waals surface area contributed by atoms with E-state index >= 15 is 0 Å². The van der Waals surface area contributed by atoms with E-state index in [9.17, 15) is 9.59 Å². The van der Waals surface area contributed by atoms with Crippen LogP contribution in [0.1, 0.15) is 29.8 Å². The summed E-state index contributed by atoms with van der Waals surface area (Å²) in [5.74, 6) is 0.588. The second-order valence-electron chi connectivity index (χ2n) is 7.73. The number of benzene rings is 2. The summed E-state index contributed by atoms with van der Waals surface area (Å²) in [6.07, 6.45) is 2.33. The minimum Gasteiger partial charge on any atom is -0.342 e. The molecule has 29 heavy (non-hydrogen) atoms. The standard InChI is InChI=1S/C23H26N4O2/c1-16-9-10-17(2)19(13-16)25-22(28)15-27-20-8-4-3-7-18(20)24-21(27)14-23(29)26-11-5-6-12-26/h3-4,7-10,13H,5-6,11-12,14-15H2,1-2H3,(H,25,28). The lowest BCUT2D eigenvalue weighted by Crippen LogP contribution is -2.30. The molecule has 2 aromatic carbocycles. The molecular formula is C23H26N4O2. The maximum atomic E-state index is 12.8. The lowest BCUT2D eigenvalue weighted by atomic mass is 10.1. The average Bonchev–Trinajstić information content (AvgIpc) is 3.34. The molecule has 2 heterocycles. The summed E-state index contributed by atoms with van der Waals surface area (Å²) in [4.78, 5) is 32.0. The second-order valence-corrected chi connectivity index (χ2v) is 7.73. The van der Waals surface area contributed by atoms with Gasteiger partial charge in [0.1, 0.15) is 12.4 Å². The number of nitrogens with one attached hydrogen (secondary N) is 1. The van der Waals surface area contributed by atoms with E-state index in [1.807, 2.05) is 65.8 Å². The first kappa shape index (κ1) is 19.2. The summed E-state index contributed by atoms with van der Waals surface area (Å²) in [7, 11) is 0. The number of rotatable bonds is 5. The number of aryl methyl sites for hydroxylation is 2. The second kappa shape index (κ2) is 8.07. The van der Waals surface area contributed by atoms with Crippen LogP contribution in [0.3, 0.4) is 0 Å². The van der Waals surface area contributed by atoms with Crippen molar-refractivity contribution in [1.82, 2.24) is 14.5 Å². The van der Waals surface area contributed by atoms with Gasteiger partial charge >= 0.3 is 0 Å². The maximum absolute atomic E-state index is 12.8. The van der Waals surface area contributed by atoms with Crippen molar-refractivity contribution in [3.63, 3.8) is 0 Å². The Hall–Kier alpha value is -3.15. The summed E-state index contributed by atoms with van der Waals surface area (Å²) in [5.41, 5.74) is 4.60. The molecule has 6 heteroatoms. The molecule has 0 bridgehead atoms. The third kappa shape index (κ3) is 4.16. The molecule has 1 aliphatic rings. The molecule has 0 atom stereocenters. The molecule has 2 amide bonds. The largest absolute Gasteiger partial charge is 0.342 e. The van der Waals surface area contributed by atoms with Crippen molar-refractivity contribution >= 4 is 28.5 Å². The normalized spacial score (nSPS) is 13.8. The summed E-state index contributed by atoms with van der Waals surface area (Å²) >= 11 is 0.